The number of nitrogens with zero attached hydrogens (tertiary/aromatic N) is 12. The molecule has 146 heavy (non-hydrogen) atoms. The van der Waals surface area contributed by atoms with Gasteiger partial charge in [0.1, 0.15) is 22.1 Å². The van der Waals surface area contributed by atoms with E-state index in [1.165, 1.54) is 37.0 Å². The number of para-hydroxylation sites is 14. The van der Waals surface area contributed by atoms with Gasteiger partial charge in [0.05, 0.1) is 65.7 Å². The molecule has 0 N–H and O–H groups in total. The van der Waals surface area contributed by atoms with Gasteiger partial charge in [-0.3, -0.25) is 13.7 Å². The predicted molar refractivity (Wildman–Crippen MR) is 608 cm³/mol. The van der Waals surface area contributed by atoms with Gasteiger partial charge in [-0.25, -0.2) is 29.9 Å². The minimum Gasteiger partial charge on any atom is -0.454 e. The second kappa shape index (κ2) is 36.6. The Morgan fingerprint density at radius 1 is 0.192 bits per heavy atom. The first kappa shape index (κ1) is 85.6. The zero-order chi connectivity index (χ0) is 96.5. The molecule has 14 heteroatoms. The third-order valence-corrected chi connectivity index (χ3v) is 28.9. The van der Waals surface area contributed by atoms with E-state index in [0.29, 0.717) is 0 Å². The van der Waals surface area contributed by atoms with Gasteiger partial charge in [0.25, 0.3) is 0 Å². The van der Waals surface area contributed by atoms with E-state index in [9.17, 15) is 0 Å². The van der Waals surface area contributed by atoms with E-state index in [-0.39, 0.29) is 0 Å². The van der Waals surface area contributed by atoms with Crippen LogP contribution in [0.5, 0.6) is 0 Å². The fourth-order valence-electron chi connectivity index (χ4n) is 20.8. The summed E-state index contributed by atoms with van der Waals surface area (Å²) in [6, 6.07) is 183. The van der Waals surface area contributed by atoms with Crippen molar-refractivity contribution in [3.8, 4) is 61.6 Å². The van der Waals surface area contributed by atoms with Gasteiger partial charge in [-0.2, -0.15) is 0 Å². The molecule has 686 valence electrons. The molecule has 8 aromatic heterocycles. The fraction of sp³-hybridized carbons (Fsp3) is 0. The number of hydrogen-bond acceptors (Lipinski definition) is 11. The van der Waals surface area contributed by atoms with Crippen LogP contribution in [0.15, 0.2) is 526 Å². The molecule has 21 aromatic carbocycles. The van der Waals surface area contributed by atoms with E-state index in [1.807, 2.05) is 121 Å². The molecule has 0 unspecified atom stereocenters. The number of rotatable bonds is 16. The van der Waals surface area contributed by atoms with Gasteiger partial charge in [0.15, 0.2) is 22.5 Å². The average Bonchev–Trinajstić information content (AvgIpc) is 1.58. The fourth-order valence-corrected chi connectivity index (χ4v) is 22.0. The second-order valence-corrected chi connectivity index (χ2v) is 37.5. The van der Waals surface area contributed by atoms with E-state index >= 15 is 0 Å². The third kappa shape index (κ3) is 15.4. The van der Waals surface area contributed by atoms with Crippen LogP contribution in [0.2, 0.25) is 0 Å². The Hall–Kier alpha value is -19.5. The first-order chi connectivity index (χ1) is 72.4. The molecule has 0 aliphatic heterocycles. The van der Waals surface area contributed by atoms with Gasteiger partial charge < -0.3 is 19.1 Å². The van der Waals surface area contributed by atoms with Gasteiger partial charge in [-0.1, -0.05) is 303 Å². The lowest BCUT2D eigenvalue weighted by atomic mass is 10.0. The molecule has 29 rings (SSSR count). The minimum absolute atomic E-state index is 0.852. The Labute approximate surface area is 843 Å². The predicted octanol–water partition coefficient (Wildman–Crippen LogP) is 35.5. The molecule has 0 spiro atoms. The standard InChI is InChI=1S/C44H28N4O.C44H28N4S.C44H30N4/c2*1-3-12-31(13-4-1)47(40-20-11-17-35-34-16-7-10-21-41(34)49-43(35)40)33-25-22-29(23-26-33)30-24-27-39-36(28-30)42-44(48(39)32-14-5-2-6-15-32)46-38-19-9-8-18-37(38)45-42;1-4-12-31(13-5-1)32-20-25-37(26-21-32)47(35-14-6-2-7-15-35)38-27-22-33(23-28-38)34-24-29-42-39(30-34)43-44(48(42)36-16-8-3-9-17-36)46-41-19-11-10-18-40(41)45-43/h2*1-28H;1-30H. The number of anilines is 9. The van der Waals surface area contributed by atoms with Crippen LogP contribution >= 0.6 is 11.3 Å². The van der Waals surface area contributed by atoms with Crippen LogP contribution in [-0.2, 0) is 0 Å². The first-order valence-electron chi connectivity index (χ1n) is 49.0. The summed E-state index contributed by atoms with van der Waals surface area (Å²) < 4.78 is 15.7. The second-order valence-electron chi connectivity index (χ2n) is 36.4. The van der Waals surface area contributed by atoms with E-state index in [2.05, 4.69) is 441 Å². The van der Waals surface area contributed by atoms with Crippen LogP contribution in [0.25, 0.3) is 203 Å². The van der Waals surface area contributed by atoms with Crippen LogP contribution in [0.1, 0.15) is 0 Å². The van der Waals surface area contributed by atoms with E-state index < -0.39 is 0 Å². The summed E-state index contributed by atoms with van der Waals surface area (Å²) in [4.78, 5) is 37.7. The summed E-state index contributed by atoms with van der Waals surface area (Å²) in [5.74, 6) is 0. The monoisotopic (exact) mass is 1890 g/mol. The number of aromatic nitrogens is 9. The van der Waals surface area contributed by atoms with Crippen molar-refractivity contribution in [2.45, 2.75) is 0 Å². The highest BCUT2D eigenvalue weighted by molar-refractivity contribution is 7.26. The smallest absolute Gasteiger partial charge is 0.165 e. The molecule has 0 fully saturated rings. The maximum atomic E-state index is 6.48. The Bertz CT molecular complexity index is 9590. The summed E-state index contributed by atoms with van der Waals surface area (Å²) in [7, 11) is 0. The molecule has 0 aliphatic rings. The molecule has 29 aromatic rings. The van der Waals surface area contributed by atoms with Crippen LogP contribution in [0.4, 0.5) is 51.2 Å². The van der Waals surface area contributed by atoms with Gasteiger partial charge >= 0.3 is 0 Å². The van der Waals surface area contributed by atoms with E-state index in [4.69, 9.17) is 34.3 Å². The van der Waals surface area contributed by atoms with Crippen molar-refractivity contribution in [1.82, 2.24) is 43.6 Å². The summed E-state index contributed by atoms with van der Waals surface area (Å²) >= 11 is 1.85. The molecule has 0 bridgehead atoms. The lowest BCUT2D eigenvalue weighted by molar-refractivity contribution is 0.669. The molecule has 13 nitrogen and oxygen atoms in total. The van der Waals surface area contributed by atoms with Crippen molar-refractivity contribution in [3.63, 3.8) is 0 Å². The first-order valence-corrected chi connectivity index (χ1v) is 49.8. The van der Waals surface area contributed by atoms with Crippen molar-refractivity contribution in [3.05, 3.63) is 522 Å². The van der Waals surface area contributed by atoms with Crippen LogP contribution in [0, 0.1) is 0 Å². The van der Waals surface area contributed by atoms with Crippen molar-refractivity contribution in [2.75, 3.05) is 14.7 Å². The van der Waals surface area contributed by atoms with Gasteiger partial charge in [-0.05, 0) is 263 Å². The SMILES string of the molecule is c1ccc(-c2ccc(N(c3ccccc3)c3ccc(-c4ccc5c(c4)c4nc6ccccc6nc4n5-c4ccccc4)cc3)cc2)cc1.c1ccc(N(c2ccc(-c3ccc4c(c3)c3nc5ccccc5nc3n4-c3ccccc3)cc2)c2cccc3c2oc2ccccc23)cc1.c1ccc(N(c2ccc(-c3ccc4c(c3)c3nc5ccccc5nc3n4-c3ccccc3)cc2)c2cccc3c2sc2ccccc23)cc1. The summed E-state index contributed by atoms with van der Waals surface area (Å²) in [5.41, 5.74) is 37.8. The number of furan rings is 1. The van der Waals surface area contributed by atoms with Crippen molar-refractivity contribution < 1.29 is 4.42 Å². The van der Waals surface area contributed by atoms with Crippen LogP contribution in [-0.4, -0.2) is 43.6 Å². The molecule has 8 heterocycles. The number of benzene rings is 21. The van der Waals surface area contributed by atoms with Crippen molar-refractivity contribution in [1.29, 1.82) is 0 Å². The Morgan fingerprint density at radius 2 is 0.473 bits per heavy atom. The van der Waals surface area contributed by atoms with Gasteiger partial charge in [-0.15, -0.1) is 11.3 Å². The lowest BCUT2D eigenvalue weighted by Gasteiger charge is -2.26. The largest absolute Gasteiger partial charge is 0.454 e. The molecule has 0 aliphatic carbocycles. The Balaban J connectivity index is 0.000000109. The van der Waals surface area contributed by atoms with Gasteiger partial charge in [0, 0.05) is 99.3 Å². The number of fused-ring (bicyclic) bond motifs is 18. The summed E-state index contributed by atoms with van der Waals surface area (Å²) in [5, 5.41) is 8.04. The molecule has 0 saturated heterocycles. The summed E-state index contributed by atoms with van der Waals surface area (Å²) in [6.07, 6.45) is 0. The quantitative estimate of drug-likeness (QED) is 0.0926. The lowest BCUT2D eigenvalue weighted by Crippen LogP contribution is -2.10. The normalized spacial score (nSPS) is 11.6. The Kier molecular flexibility index (Phi) is 21.5. The maximum Gasteiger partial charge on any atom is 0.165 e. The molecule has 0 saturated carbocycles. The van der Waals surface area contributed by atoms with Crippen molar-refractivity contribution >= 4 is 204 Å². The summed E-state index contributed by atoms with van der Waals surface area (Å²) in [6.45, 7) is 0. The topological polar surface area (TPSA) is 115 Å². The number of thiophene rings is 1. The third-order valence-electron chi connectivity index (χ3n) is 27.7. The van der Waals surface area contributed by atoms with Gasteiger partial charge in [0.2, 0.25) is 0 Å². The highest BCUT2D eigenvalue weighted by atomic mass is 32.1. The highest BCUT2D eigenvalue weighted by Gasteiger charge is 2.27. The minimum atomic E-state index is 0.852. The zero-order valence-electron chi connectivity index (χ0n) is 78.8. The molecular weight excluding hydrogens is 1800 g/mol. The number of hydrogen-bond donors (Lipinski definition) is 0. The molecule has 0 radical (unpaired) electrons. The maximum absolute atomic E-state index is 6.48. The molecular formula is C132H86N12OS. The molecule has 0 amide bonds. The van der Waals surface area contributed by atoms with Crippen molar-refractivity contribution in [2.24, 2.45) is 0 Å². The van der Waals surface area contributed by atoms with Crippen LogP contribution in [0.3, 0.4) is 0 Å². The highest BCUT2D eigenvalue weighted by Crippen LogP contribution is 2.49. The van der Waals surface area contributed by atoms with E-state index in [1.54, 1.807) is 0 Å². The average molecular weight is 1890 g/mol. The zero-order valence-corrected chi connectivity index (χ0v) is 79.7. The van der Waals surface area contributed by atoms with E-state index in [0.717, 1.165) is 217 Å². The molecule has 0 atom stereocenters. The Morgan fingerprint density at radius 3 is 0.877 bits per heavy atom. The van der Waals surface area contributed by atoms with Crippen LogP contribution < -0.4 is 14.7 Å².